The van der Waals surface area contributed by atoms with Gasteiger partial charge in [0.1, 0.15) is 5.76 Å². The lowest BCUT2D eigenvalue weighted by atomic mass is 9.72. The highest BCUT2D eigenvalue weighted by Gasteiger charge is 2.34. The lowest BCUT2D eigenvalue weighted by Gasteiger charge is -2.38. The lowest BCUT2D eigenvalue weighted by Crippen LogP contribution is -2.43. The molecular weight excluding hydrogens is 388 g/mol. The van der Waals surface area contributed by atoms with Gasteiger partial charge in [0.05, 0.1) is 17.7 Å². The summed E-state index contributed by atoms with van der Waals surface area (Å²) in [5.41, 5.74) is 11.9. The van der Waals surface area contributed by atoms with Crippen LogP contribution in [0, 0.1) is 6.92 Å². The lowest BCUT2D eigenvalue weighted by molar-refractivity contribution is 0.253. The third kappa shape index (κ3) is 3.48. The fraction of sp³-hybridized carbons (Fsp3) is 0.280. The van der Waals surface area contributed by atoms with E-state index >= 15 is 0 Å². The Kier molecular flexibility index (Phi) is 4.96. The van der Waals surface area contributed by atoms with E-state index in [0.717, 1.165) is 46.4 Å². The van der Waals surface area contributed by atoms with Gasteiger partial charge in [0, 0.05) is 23.2 Å². The molecule has 0 radical (unpaired) electrons. The Hall–Kier alpha value is -3.22. The van der Waals surface area contributed by atoms with E-state index in [9.17, 15) is 0 Å². The molecule has 0 spiro atoms. The van der Waals surface area contributed by atoms with Crippen LogP contribution in [0.25, 0.3) is 33.6 Å². The van der Waals surface area contributed by atoms with Crippen LogP contribution in [-0.4, -0.2) is 28.2 Å². The van der Waals surface area contributed by atoms with Crippen molar-refractivity contribution >= 4 is 17.0 Å². The first-order chi connectivity index (χ1) is 15.1. The average Bonchev–Trinajstić information content (AvgIpc) is 3.17. The van der Waals surface area contributed by atoms with E-state index in [1.54, 1.807) is 0 Å². The molecule has 1 aliphatic carbocycles. The molecule has 6 nitrogen and oxygen atoms in total. The molecule has 0 unspecified atom stereocenters. The maximum absolute atomic E-state index is 9.11. The molecule has 0 bridgehead atoms. The van der Waals surface area contributed by atoms with Crippen molar-refractivity contribution in [2.75, 3.05) is 18.5 Å². The zero-order chi connectivity index (χ0) is 21.4. The minimum absolute atomic E-state index is 0.00803. The number of nitrogens with zero attached hydrogens (tertiary/aromatic N) is 2. The zero-order valence-corrected chi connectivity index (χ0v) is 17.6. The summed E-state index contributed by atoms with van der Waals surface area (Å²) in [5.74, 6) is 1.22. The van der Waals surface area contributed by atoms with E-state index in [0.29, 0.717) is 18.2 Å². The van der Waals surface area contributed by atoms with Gasteiger partial charge in [-0.3, -0.25) is 0 Å². The van der Waals surface area contributed by atoms with Crippen LogP contribution in [0.2, 0.25) is 0 Å². The predicted molar refractivity (Wildman–Crippen MR) is 123 cm³/mol. The second-order valence-corrected chi connectivity index (χ2v) is 8.22. The molecule has 4 N–H and O–H groups in total. The van der Waals surface area contributed by atoms with Gasteiger partial charge in [0.2, 0.25) is 11.7 Å². The van der Waals surface area contributed by atoms with Crippen molar-refractivity contribution in [3.63, 3.8) is 0 Å². The zero-order valence-electron chi connectivity index (χ0n) is 17.6. The molecule has 1 saturated carbocycles. The van der Waals surface area contributed by atoms with Crippen LogP contribution in [0.4, 0.5) is 5.95 Å². The van der Waals surface area contributed by atoms with Crippen molar-refractivity contribution in [3.8, 4) is 22.5 Å². The summed E-state index contributed by atoms with van der Waals surface area (Å²) in [6.07, 6.45) is 3.25. The van der Waals surface area contributed by atoms with Crippen molar-refractivity contribution < 1.29 is 9.52 Å². The Morgan fingerprint density at radius 1 is 1.03 bits per heavy atom. The Balaban J connectivity index is 1.67. The number of aromatic nitrogens is 2. The highest BCUT2D eigenvalue weighted by atomic mass is 16.3. The van der Waals surface area contributed by atoms with Gasteiger partial charge in [0.25, 0.3) is 0 Å². The second-order valence-electron chi connectivity index (χ2n) is 8.22. The quantitative estimate of drug-likeness (QED) is 0.426. The van der Waals surface area contributed by atoms with Gasteiger partial charge in [-0.05, 0) is 37.3 Å². The number of benzene rings is 2. The van der Waals surface area contributed by atoms with E-state index in [-0.39, 0.29) is 12.1 Å². The van der Waals surface area contributed by atoms with Crippen molar-refractivity contribution in [2.24, 2.45) is 5.73 Å². The van der Waals surface area contributed by atoms with E-state index in [4.69, 9.17) is 15.3 Å². The number of furan rings is 1. The molecule has 6 heteroatoms. The Morgan fingerprint density at radius 3 is 2.42 bits per heavy atom. The van der Waals surface area contributed by atoms with Crippen LogP contribution in [0.3, 0.4) is 0 Å². The van der Waals surface area contributed by atoms with E-state index in [2.05, 4.69) is 51.7 Å². The number of nitrogens with two attached hydrogens (primary N) is 1. The minimum Gasteiger partial charge on any atom is -0.437 e. The maximum Gasteiger partial charge on any atom is 0.232 e. The molecule has 2 heterocycles. The summed E-state index contributed by atoms with van der Waals surface area (Å²) >= 11 is 0. The number of anilines is 1. The largest absolute Gasteiger partial charge is 0.437 e. The fourth-order valence-corrected chi connectivity index (χ4v) is 4.30. The van der Waals surface area contributed by atoms with Gasteiger partial charge in [-0.2, -0.15) is 4.98 Å². The average molecular weight is 415 g/mol. The number of fused-ring (bicyclic) bond motifs is 1. The number of hydrogen-bond donors (Lipinski definition) is 3. The summed E-state index contributed by atoms with van der Waals surface area (Å²) in [6, 6.07) is 18.6. The van der Waals surface area contributed by atoms with Crippen LogP contribution in [-0.2, 0) is 5.54 Å². The third-order valence-corrected chi connectivity index (χ3v) is 6.16. The molecule has 1 aliphatic rings. The first-order valence-corrected chi connectivity index (χ1v) is 10.7. The number of aliphatic hydroxyl groups is 1. The Morgan fingerprint density at radius 2 is 1.77 bits per heavy atom. The molecule has 0 saturated heterocycles. The van der Waals surface area contributed by atoms with Gasteiger partial charge < -0.3 is 20.6 Å². The standard InChI is InChI=1S/C25H26N4O2/c1-16-20-21(17-6-3-2-4-7-17)22(31-23(20)29-24(28-16)27-14-15-30)18-8-10-19(11-9-18)25(26)12-5-13-25/h2-4,6-11,30H,5,12-15,26H2,1H3,(H,27,28,29). The Bertz CT molecular complexity index is 1210. The van der Waals surface area contributed by atoms with Crippen molar-refractivity contribution in [1.29, 1.82) is 0 Å². The normalized spacial score (nSPS) is 15.1. The number of nitrogens with one attached hydrogen (secondary N) is 1. The van der Waals surface area contributed by atoms with E-state index < -0.39 is 0 Å². The molecule has 4 aromatic rings. The maximum atomic E-state index is 9.11. The number of rotatable bonds is 6. The van der Waals surface area contributed by atoms with Crippen LogP contribution >= 0.6 is 0 Å². The highest BCUT2D eigenvalue weighted by molar-refractivity contribution is 6.01. The molecular formula is C25H26N4O2. The minimum atomic E-state index is -0.190. The molecule has 0 atom stereocenters. The number of aryl methyl sites for hydroxylation is 1. The smallest absolute Gasteiger partial charge is 0.232 e. The molecule has 0 amide bonds. The summed E-state index contributed by atoms with van der Waals surface area (Å²) in [4.78, 5) is 9.15. The number of aliphatic hydroxyl groups excluding tert-OH is 1. The fourth-order valence-electron chi connectivity index (χ4n) is 4.30. The van der Waals surface area contributed by atoms with Gasteiger partial charge in [-0.25, -0.2) is 4.98 Å². The molecule has 31 heavy (non-hydrogen) atoms. The summed E-state index contributed by atoms with van der Waals surface area (Å²) in [7, 11) is 0. The highest BCUT2D eigenvalue weighted by Crippen LogP contribution is 2.43. The molecule has 2 aromatic heterocycles. The summed E-state index contributed by atoms with van der Waals surface area (Å²) < 4.78 is 6.32. The molecule has 158 valence electrons. The first-order valence-electron chi connectivity index (χ1n) is 10.7. The molecule has 0 aliphatic heterocycles. The topological polar surface area (TPSA) is 97.2 Å². The second kappa shape index (κ2) is 7.80. The Labute approximate surface area is 181 Å². The molecule has 2 aromatic carbocycles. The van der Waals surface area contributed by atoms with Gasteiger partial charge >= 0.3 is 0 Å². The van der Waals surface area contributed by atoms with Crippen LogP contribution < -0.4 is 11.1 Å². The van der Waals surface area contributed by atoms with E-state index in [1.165, 1.54) is 12.0 Å². The van der Waals surface area contributed by atoms with E-state index in [1.807, 2.05) is 25.1 Å². The third-order valence-electron chi connectivity index (χ3n) is 6.16. The molecule has 1 fully saturated rings. The van der Waals surface area contributed by atoms with Gasteiger partial charge in [-0.1, -0.05) is 54.6 Å². The summed E-state index contributed by atoms with van der Waals surface area (Å²) in [6.45, 7) is 2.35. The van der Waals surface area contributed by atoms with Crippen LogP contribution in [0.15, 0.2) is 59.0 Å². The first kappa shape index (κ1) is 19.7. The van der Waals surface area contributed by atoms with Crippen LogP contribution in [0.5, 0.6) is 0 Å². The SMILES string of the molecule is Cc1nc(NCCO)nc2oc(-c3ccc(C4(N)CCC4)cc3)c(-c3ccccc3)c12. The van der Waals surface area contributed by atoms with Crippen molar-refractivity contribution in [3.05, 3.63) is 65.9 Å². The van der Waals surface area contributed by atoms with Gasteiger partial charge in [0.15, 0.2) is 0 Å². The summed E-state index contributed by atoms with van der Waals surface area (Å²) in [5, 5.41) is 13.0. The van der Waals surface area contributed by atoms with Gasteiger partial charge in [-0.15, -0.1) is 0 Å². The van der Waals surface area contributed by atoms with Crippen LogP contribution in [0.1, 0.15) is 30.5 Å². The van der Waals surface area contributed by atoms with Crippen molar-refractivity contribution in [2.45, 2.75) is 31.7 Å². The number of hydrogen-bond acceptors (Lipinski definition) is 6. The monoisotopic (exact) mass is 414 g/mol. The predicted octanol–water partition coefficient (Wildman–Crippen LogP) is 4.61. The van der Waals surface area contributed by atoms with Crippen molar-refractivity contribution in [1.82, 2.24) is 9.97 Å². The molecule has 5 rings (SSSR count).